The van der Waals surface area contributed by atoms with E-state index in [2.05, 4.69) is 15.3 Å². The molecule has 3 aromatic rings. The fraction of sp³-hybridized carbons (Fsp3) is 0.550. The quantitative estimate of drug-likeness (QED) is 0.548. The van der Waals surface area contributed by atoms with Crippen molar-refractivity contribution >= 4 is 32.4 Å². The molecular weight excluding hydrogens is 475 g/mol. The van der Waals surface area contributed by atoms with Crippen molar-refractivity contribution in [1.29, 1.82) is 0 Å². The molecular formula is C20H26F3N7O3S. The summed E-state index contributed by atoms with van der Waals surface area (Å²) in [6.07, 6.45) is -2.99. The number of sulfone groups is 1. The topological polar surface area (TPSA) is 132 Å². The first kappa shape index (κ1) is 24.1. The summed E-state index contributed by atoms with van der Waals surface area (Å²) < 4.78 is 66.0. The van der Waals surface area contributed by atoms with Crippen LogP contribution >= 0.6 is 0 Å². The maximum absolute atomic E-state index is 13.3. The summed E-state index contributed by atoms with van der Waals surface area (Å²) in [5, 5.41) is 11.0. The molecule has 1 aliphatic rings. The predicted molar refractivity (Wildman–Crippen MR) is 122 cm³/mol. The monoisotopic (exact) mass is 501 g/mol. The Hall–Kier alpha value is -3.03. The molecule has 3 N–H and O–H groups in total. The molecule has 0 radical (unpaired) electrons. The lowest BCUT2D eigenvalue weighted by Crippen LogP contribution is -2.41. The molecule has 1 aliphatic heterocycles. The number of rotatable bonds is 5. The average molecular weight is 502 g/mol. The minimum absolute atomic E-state index is 0.0114. The number of nitrogens with zero attached hydrogens (tertiary/aromatic N) is 5. The van der Waals surface area contributed by atoms with Crippen molar-refractivity contribution in [3.8, 4) is 11.3 Å². The number of hydrogen-bond donors (Lipinski definition) is 2. The molecule has 0 saturated carbocycles. The Morgan fingerprint density at radius 1 is 1.21 bits per heavy atom. The predicted octanol–water partition coefficient (Wildman–Crippen LogP) is 2.18. The highest BCUT2D eigenvalue weighted by Crippen LogP contribution is 2.33. The fourth-order valence-electron chi connectivity index (χ4n) is 4.00. The molecule has 0 amide bonds. The highest BCUT2D eigenvalue weighted by atomic mass is 32.2. The second kappa shape index (κ2) is 8.32. The van der Waals surface area contributed by atoms with Crippen molar-refractivity contribution < 1.29 is 21.6 Å². The molecule has 186 valence electrons. The summed E-state index contributed by atoms with van der Waals surface area (Å²) in [6.45, 7) is 4.52. The van der Waals surface area contributed by atoms with Gasteiger partial charge in [-0.3, -0.25) is 9.89 Å². The second-order valence-corrected chi connectivity index (χ2v) is 11.2. The minimum Gasteiger partial charge on any atom is -0.382 e. The van der Waals surface area contributed by atoms with Gasteiger partial charge in [0.25, 0.3) is 5.56 Å². The molecule has 1 atom stereocenters. The van der Waals surface area contributed by atoms with E-state index in [1.165, 1.54) is 10.6 Å². The highest BCUT2D eigenvalue weighted by molar-refractivity contribution is 7.91. The number of aromatic amines is 1. The van der Waals surface area contributed by atoms with Crippen LogP contribution in [0.1, 0.15) is 26.8 Å². The number of halogens is 3. The first-order valence-corrected chi connectivity index (χ1v) is 12.6. The Morgan fingerprint density at radius 3 is 2.44 bits per heavy atom. The molecule has 14 heteroatoms. The Morgan fingerprint density at radius 2 is 1.85 bits per heavy atom. The van der Waals surface area contributed by atoms with Gasteiger partial charge in [-0.1, -0.05) is 13.8 Å². The van der Waals surface area contributed by atoms with Crippen LogP contribution in [0.15, 0.2) is 17.1 Å². The summed E-state index contributed by atoms with van der Waals surface area (Å²) in [5.74, 6) is -0.0834. The SMILES string of the molecule is CC(C)[C@H](C)n1cc(-c2cc(N3CCS(=O)(=O)CC3)n(CC(F)(F)F)n2)c2[nH]nc(N)c2c1=O. The van der Waals surface area contributed by atoms with Crippen LogP contribution in [-0.4, -0.2) is 63.7 Å². The summed E-state index contributed by atoms with van der Waals surface area (Å²) >= 11 is 0. The zero-order valence-corrected chi connectivity index (χ0v) is 19.7. The van der Waals surface area contributed by atoms with Gasteiger partial charge in [0.2, 0.25) is 0 Å². The summed E-state index contributed by atoms with van der Waals surface area (Å²) in [5.41, 5.74) is 6.41. The van der Waals surface area contributed by atoms with Gasteiger partial charge in [0.05, 0.1) is 22.7 Å². The number of fused-ring (bicyclic) bond motifs is 1. The summed E-state index contributed by atoms with van der Waals surface area (Å²) in [6, 6.07) is 1.25. The van der Waals surface area contributed by atoms with Crippen molar-refractivity contribution in [2.75, 3.05) is 35.2 Å². The van der Waals surface area contributed by atoms with Gasteiger partial charge in [0.15, 0.2) is 15.7 Å². The van der Waals surface area contributed by atoms with Gasteiger partial charge < -0.3 is 15.2 Å². The lowest BCUT2D eigenvalue weighted by molar-refractivity contribution is -0.142. The number of pyridine rings is 1. The summed E-state index contributed by atoms with van der Waals surface area (Å²) in [4.78, 5) is 14.7. The molecule has 4 heterocycles. The standard InChI is InChI=1S/C20H26F3N7O3S/c1-11(2)12(3)29-9-13(17-16(19(29)31)18(24)26-25-17)14-8-15(30(27-14)10-20(21,22)23)28-4-6-34(32,33)7-5-28/h8-9,11-12H,4-7,10H2,1-3H3,(H3,24,25,26)/t12-/m0/s1. The van der Waals surface area contributed by atoms with Crippen LogP contribution in [0.3, 0.4) is 0 Å². The van der Waals surface area contributed by atoms with Crippen molar-refractivity contribution in [3.63, 3.8) is 0 Å². The zero-order chi connectivity index (χ0) is 25.0. The first-order valence-electron chi connectivity index (χ1n) is 10.8. The molecule has 0 aliphatic carbocycles. The molecule has 1 saturated heterocycles. The molecule has 34 heavy (non-hydrogen) atoms. The highest BCUT2D eigenvalue weighted by Gasteiger charge is 2.33. The third kappa shape index (κ3) is 4.50. The molecule has 3 aromatic heterocycles. The van der Waals surface area contributed by atoms with Gasteiger partial charge in [-0.15, -0.1) is 0 Å². The zero-order valence-electron chi connectivity index (χ0n) is 18.9. The largest absolute Gasteiger partial charge is 0.408 e. The molecule has 1 fully saturated rings. The van der Waals surface area contributed by atoms with E-state index in [-0.39, 0.29) is 70.3 Å². The number of H-pyrrole nitrogens is 1. The van der Waals surface area contributed by atoms with Crippen LogP contribution < -0.4 is 16.2 Å². The molecule has 0 aromatic carbocycles. The van der Waals surface area contributed by atoms with E-state index in [9.17, 15) is 26.4 Å². The van der Waals surface area contributed by atoms with Gasteiger partial charge in [0.1, 0.15) is 17.7 Å². The Balaban J connectivity index is 1.90. The van der Waals surface area contributed by atoms with E-state index >= 15 is 0 Å². The molecule has 10 nitrogen and oxygen atoms in total. The molecule has 0 spiro atoms. The van der Waals surface area contributed by atoms with E-state index in [0.29, 0.717) is 5.56 Å². The maximum Gasteiger partial charge on any atom is 0.408 e. The molecule has 0 bridgehead atoms. The van der Waals surface area contributed by atoms with E-state index in [0.717, 1.165) is 4.68 Å². The lowest BCUT2D eigenvalue weighted by atomic mass is 10.0. The molecule has 0 unspecified atom stereocenters. The minimum atomic E-state index is -4.54. The number of nitrogen functional groups attached to an aromatic ring is 1. The van der Waals surface area contributed by atoms with Crippen LogP contribution in [0, 0.1) is 5.92 Å². The smallest absolute Gasteiger partial charge is 0.382 e. The van der Waals surface area contributed by atoms with E-state index in [1.807, 2.05) is 20.8 Å². The van der Waals surface area contributed by atoms with Crippen molar-refractivity contribution in [1.82, 2.24) is 24.5 Å². The van der Waals surface area contributed by atoms with Gasteiger partial charge >= 0.3 is 6.18 Å². The van der Waals surface area contributed by atoms with Crippen LogP contribution in [0.25, 0.3) is 22.2 Å². The van der Waals surface area contributed by atoms with Crippen molar-refractivity contribution in [3.05, 3.63) is 22.6 Å². The summed E-state index contributed by atoms with van der Waals surface area (Å²) in [7, 11) is -3.23. The number of hydrogen-bond acceptors (Lipinski definition) is 7. The third-order valence-corrected chi connectivity index (χ3v) is 7.83. The van der Waals surface area contributed by atoms with Crippen LogP contribution in [0.2, 0.25) is 0 Å². The van der Waals surface area contributed by atoms with Crippen molar-refractivity contribution in [2.45, 2.75) is 39.5 Å². The number of nitrogens with one attached hydrogen (secondary N) is 1. The third-order valence-electron chi connectivity index (χ3n) is 6.22. The fourth-order valence-corrected chi connectivity index (χ4v) is 5.20. The van der Waals surface area contributed by atoms with E-state index < -0.39 is 22.6 Å². The number of alkyl halides is 3. The van der Waals surface area contributed by atoms with E-state index in [4.69, 9.17) is 5.73 Å². The lowest BCUT2D eigenvalue weighted by Gasteiger charge is -2.28. The Kier molecular flexibility index (Phi) is 5.90. The number of nitrogens with two attached hydrogens (primary N) is 1. The number of anilines is 2. The maximum atomic E-state index is 13.3. The number of aromatic nitrogens is 5. The van der Waals surface area contributed by atoms with Crippen LogP contribution in [0.5, 0.6) is 0 Å². The average Bonchev–Trinajstić information content (AvgIpc) is 3.31. The Labute approximate surface area is 193 Å². The second-order valence-electron chi connectivity index (χ2n) is 8.90. The van der Waals surface area contributed by atoms with Gasteiger partial charge in [-0.2, -0.15) is 23.4 Å². The van der Waals surface area contributed by atoms with Crippen LogP contribution in [0.4, 0.5) is 24.8 Å². The Bertz CT molecular complexity index is 1370. The van der Waals surface area contributed by atoms with Gasteiger partial charge in [-0.25, -0.2) is 13.1 Å². The normalized spacial score (nSPS) is 17.6. The molecule has 4 rings (SSSR count). The van der Waals surface area contributed by atoms with Crippen molar-refractivity contribution in [2.24, 2.45) is 5.92 Å². The van der Waals surface area contributed by atoms with Gasteiger partial charge in [0, 0.05) is 37.0 Å². The first-order chi connectivity index (χ1) is 15.8. The van der Waals surface area contributed by atoms with Crippen LogP contribution in [-0.2, 0) is 16.4 Å². The van der Waals surface area contributed by atoms with E-state index in [1.54, 1.807) is 11.1 Å². The van der Waals surface area contributed by atoms with Gasteiger partial charge in [-0.05, 0) is 12.8 Å².